The van der Waals surface area contributed by atoms with E-state index in [4.69, 9.17) is 0 Å². The minimum atomic E-state index is 0.159. The van der Waals surface area contributed by atoms with Crippen LogP contribution in [0.5, 0.6) is 0 Å². The topological polar surface area (TPSA) is 42.0 Å². The molecular weight excluding hydrogens is 312 g/mol. The molecular formula is C13H13BrN2OS. The average Bonchev–Trinajstić information content (AvgIpc) is 2.96. The number of nitrogens with one attached hydrogen (secondary N) is 1. The summed E-state index contributed by atoms with van der Waals surface area (Å²) in [5.41, 5.74) is 0.908. The van der Waals surface area contributed by atoms with Gasteiger partial charge < -0.3 is 5.32 Å². The molecule has 5 heteroatoms. The second kappa shape index (κ2) is 5.07. The fourth-order valence-electron chi connectivity index (χ4n) is 2.26. The van der Waals surface area contributed by atoms with Gasteiger partial charge in [0.25, 0.3) is 0 Å². The van der Waals surface area contributed by atoms with Crippen molar-refractivity contribution in [2.24, 2.45) is 0 Å². The summed E-state index contributed by atoms with van der Waals surface area (Å²) >= 11 is 4.92. The summed E-state index contributed by atoms with van der Waals surface area (Å²) in [6.45, 7) is 1.03. The lowest BCUT2D eigenvalue weighted by molar-refractivity contribution is 0.0971. The largest absolute Gasteiger partial charge is 0.314 e. The molecule has 0 radical (unpaired) electrons. The van der Waals surface area contributed by atoms with Crippen LogP contribution in [0.1, 0.15) is 29.1 Å². The molecule has 94 valence electrons. The van der Waals surface area contributed by atoms with Gasteiger partial charge in [-0.3, -0.25) is 4.79 Å². The molecule has 0 aliphatic carbocycles. The van der Waals surface area contributed by atoms with E-state index in [2.05, 4.69) is 26.2 Å². The Kier molecular flexibility index (Phi) is 3.46. The van der Waals surface area contributed by atoms with Crippen LogP contribution in [0.4, 0.5) is 0 Å². The van der Waals surface area contributed by atoms with Crippen molar-refractivity contribution in [3.05, 3.63) is 27.7 Å². The number of nitrogens with zero attached hydrogens (tertiary/aromatic N) is 1. The Hall–Kier alpha value is -0.780. The van der Waals surface area contributed by atoms with E-state index in [-0.39, 0.29) is 5.78 Å². The average molecular weight is 325 g/mol. The molecule has 1 N–H and O–H groups in total. The molecule has 1 atom stereocenters. The number of benzene rings is 1. The van der Waals surface area contributed by atoms with Crippen LogP contribution in [0.3, 0.4) is 0 Å². The normalized spacial score (nSPS) is 19.5. The number of rotatable bonds is 3. The fraction of sp³-hybridized carbons (Fsp3) is 0.385. The number of Topliss-reactive ketones (excluding diaryl/α,β-unsaturated/α-hetero) is 1. The number of aromatic nitrogens is 1. The number of halogens is 1. The third kappa shape index (κ3) is 2.48. The third-order valence-corrected chi connectivity index (χ3v) is 4.74. The third-order valence-electron chi connectivity index (χ3n) is 3.18. The fourth-order valence-corrected chi connectivity index (χ4v) is 3.73. The van der Waals surface area contributed by atoms with Gasteiger partial charge in [-0.05, 0) is 37.6 Å². The number of carbonyl (C=O) groups is 1. The second-order valence-electron chi connectivity index (χ2n) is 4.55. The Morgan fingerprint density at radius 1 is 1.56 bits per heavy atom. The molecule has 0 amide bonds. The highest BCUT2D eigenvalue weighted by atomic mass is 79.9. The van der Waals surface area contributed by atoms with Crippen LogP contribution in [-0.2, 0) is 0 Å². The van der Waals surface area contributed by atoms with Crippen molar-refractivity contribution in [1.82, 2.24) is 10.3 Å². The van der Waals surface area contributed by atoms with E-state index in [0.717, 1.165) is 27.7 Å². The molecule has 0 spiro atoms. The smallest absolute Gasteiger partial charge is 0.192 e. The van der Waals surface area contributed by atoms with E-state index >= 15 is 0 Å². The van der Waals surface area contributed by atoms with Crippen LogP contribution in [0, 0.1) is 0 Å². The Bertz CT molecular complexity index is 590. The number of thiazole rings is 1. The van der Waals surface area contributed by atoms with Crippen molar-refractivity contribution in [2.45, 2.75) is 25.3 Å². The summed E-state index contributed by atoms with van der Waals surface area (Å²) in [5, 5.41) is 3.98. The van der Waals surface area contributed by atoms with Gasteiger partial charge in [-0.25, -0.2) is 4.98 Å². The number of carbonyl (C=O) groups excluding carboxylic acids is 1. The molecule has 3 nitrogen and oxygen atoms in total. The van der Waals surface area contributed by atoms with Gasteiger partial charge in [-0.15, -0.1) is 11.3 Å². The first-order valence-electron chi connectivity index (χ1n) is 6.05. The summed E-state index contributed by atoms with van der Waals surface area (Å²) in [7, 11) is 0. The van der Waals surface area contributed by atoms with Crippen LogP contribution in [-0.4, -0.2) is 23.4 Å². The number of ketones is 1. The van der Waals surface area contributed by atoms with Crippen molar-refractivity contribution in [3.63, 3.8) is 0 Å². The van der Waals surface area contributed by atoms with E-state index in [1.165, 1.54) is 17.8 Å². The highest BCUT2D eigenvalue weighted by Gasteiger charge is 2.20. The van der Waals surface area contributed by atoms with Crippen LogP contribution >= 0.6 is 27.3 Å². The quantitative estimate of drug-likeness (QED) is 0.880. The lowest BCUT2D eigenvalue weighted by Crippen LogP contribution is -2.24. The lowest BCUT2D eigenvalue weighted by atomic mass is 10.1. The van der Waals surface area contributed by atoms with E-state index < -0.39 is 0 Å². The second-order valence-corrected chi connectivity index (χ2v) is 6.50. The summed E-state index contributed by atoms with van der Waals surface area (Å²) in [6.07, 6.45) is 2.84. The van der Waals surface area contributed by atoms with Gasteiger partial charge >= 0.3 is 0 Å². The minimum absolute atomic E-state index is 0.159. The monoisotopic (exact) mass is 324 g/mol. The first-order chi connectivity index (χ1) is 8.72. The highest BCUT2D eigenvalue weighted by molar-refractivity contribution is 9.10. The Morgan fingerprint density at radius 2 is 2.44 bits per heavy atom. The molecule has 18 heavy (non-hydrogen) atoms. The zero-order valence-electron chi connectivity index (χ0n) is 9.78. The zero-order valence-corrected chi connectivity index (χ0v) is 12.2. The summed E-state index contributed by atoms with van der Waals surface area (Å²) in [4.78, 5) is 16.6. The minimum Gasteiger partial charge on any atom is -0.314 e. The molecule has 3 rings (SSSR count). The van der Waals surface area contributed by atoms with Crippen LogP contribution < -0.4 is 5.32 Å². The SMILES string of the molecule is O=C(C[C@@H]1CCCN1)c1nc2ccc(Br)cc2s1. The zero-order chi connectivity index (χ0) is 12.5. The maximum atomic E-state index is 12.2. The van der Waals surface area contributed by atoms with Crippen LogP contribution in [0.25, 0.3) is 10.2 Å². The van der Waals surface area contributed by atoms with E-state index in [0.29, 0.717) is 17.5 Å². The van der Waals surface area contributed by atoms with E-state index in [1.807, 2.05) is 18.2 Å². The first kappa shape index (κ1) is 12.3. The predicted octanol–water partition coefficient (Wildman–Crippen LogP) is 3.38. The Labute approximate surface area is 118 Å². The molecule has 2 heterocycles. The lowest BCUT2D eigenvalue weighted by Gasteiger charge is -2.06. The van der Waals surface area contributed by atoms with Crippen LogP contribution in [0.15, 0.2) is 22.7 Å². The molecule has 0 saturated carbocycles. The molecule has 1 aromatic carbocycles. The standard InChI is InChI=1S/C13H13BrN2OS/c14-8-3-4-10-12(6-8)18-13(16-10)11(17)7-9-2-1-5-15-9/h3-4,6,9,15H,1-2,5,7H2/t9-/m0/s1. The molecule has 1 saturated heterocycles. The van der Waals surface area contributed by atoms with Gasteiger partial charge in [0.2, 0.25) is 0 Å². The van der Waals surface area contributed by atoms with Crippen molar-refractivity contribution >= 4 is 43.3 Å². The van der Waals surface area contributed by atoms with Crippen molar-refractivity contribution < 1.29 is 4.79 Å². The first-order valence-corrected chi connectivity index (χ1v) is 7.66. The number of fused-ring (bicyclic) bond motifs is 1. The highest BCUT2D eigenvalue weighted by Crippen LogP contribution is 2.26. The summed E-state index contributed by atoms with van der Waals surface area (Å²) in [5.74, 6) is 0.159. The van der Waals surface area contributed by atoms with Gasteiger partial charge in [0.15, 0.2) is 10.8 Å². The van der Waals surface area contributed by atoms with Gasteiger partial charge in [0.05, 0.1) is 10.2 Å². The molecule has 1 aliphatic rings. The van der Waals surface area contributed by atoms with Crippen molar-refractivity contribution in [2.75, 3.05) is 6.54 Å². The van der Waals surface area contributed by atoms with Gasteiger partial charge in [-0.2, -0.15) is 0 Å². The van der Waals surface area contributed by atoms with Gasteiger partial charge in [0.1, 0.15) is 0 Å². The Morgan fingerprint density at radius 3 is 3.22 bits per heavy atom. The molecule has 1 aromatic heterocycles. The predicted molar refractivity (Wildman–Crippen MR) is 77.3 cm³/mol. The van der Waals surface area contributed by atoms with Gasteiger partial charge in [0, 0.05) is 16.9 Å². The molecule has 0 unspecified atom stereocenters. The maximum absolute atomic E-state index is 12.2. The molecule has 1 fully saturated rings. The van der Waals surface area contributed by atoms with E-state index in [1.54, 1.807) is 0 Å². The number of hydrogen-bond acceptors (Lipinski definition) is 4. The molecule has 0 bridgehead atoms. The summed E-state index contributed by atoms with van der Waals surface area (Å²) < 4.78 is 2.09. The van der Waals surface area contributed by atoms with E-state index in [9.17, 15) is 4.79 Å². The van der Waals surface area contributed by atoms with Crippen molar-refractivity contribution in [1.29, 1.82) is 0 Å². The number of hydrogen-bond donors (Lipinski definition) is 1. The van der Waals surface area contributed by atoms with Crippen LogP contribution in [0.2, 0.25) is 0 Å². The molecule has 2 aromatic rings. The summed E-state index contributed by atoms with van der Waals surface area (Å²) in [6, 6.07) is 6.25. The molecule has 1 aliphatic heterocycles. The van der Waals surface area contributed by atoms with Gasteiger partial charge in [-0.1, -0.05) is 15.9 Å². The Balaban J connectivity index is 1.82. The van der Waals surface area contributed by atoms with Crippen molar-refractivity contribution in [3.8, 4) is 0 Å². The maximum Gasteiger partial charge on any atom is 0.192 e.